The lowest BCUT2D eigenvalue weighted by Crippen LogP contribution is -2.37. The van der Waals surface area contributed by atoms with Gasteiger partial charge in [0.05, 0.1) is 0 Å². The molecule has 100 valence electrons. The lowest BCUT2D eigenvalue weighted by Gasteiger charge is -2.34. The van der Waals surface area contributed by atoms with Crippen LogP contribution in [0.1, 0.15) is 50.3 Å². The molecular weight excluding hydrogens is 244 g/mol. The topological polar surface area (TPSA) is 16.1 Å². The highest BCUT2D eigenvalue weighted by molar-refractivity contribution is 6.17. The van der Waals surface area contributed by atoms with Gasteiger partial charge in [-0.1, -0.05) is 25.3 Å². The highest BCUT2D eigenvalue weighted by Crippen LogP contribution is 2.26. The first-order valence-corrected chi connectivity index (χ1v) is 7.58. The Labute approximate surface area is 115 Å². The standard InChI is InChI=1S/C15H23ClN2/c1-3-18(14-7-5-4-6-8-14)15-10-9-13(11-16)12(2)17-15/h9-10,14H,3-8,11H2,1-2H3. The van der Waals surface area contributed by atoms with Crippen LogP contribution in [-0.4, -0.2) is 17.6 Å². The monoisotopic (exact) mass is 266 g/mol. The van der Waals surface area contributed by atoms with Gasteiger partial charge in [0.15, 0.2) is 0 Å². The van der Waals surface area contributed by atoms with E-state index in [1.165, 1.54) is 32.1 Å². The molecule has 1 aromatic rings. The summed E-state index contributed by atoms with van der Waals surface area (Å²) in [6.07, 6.45) is 6.74. The van der Waals surface area contributed by atoms with Crippen LogP contribution in [0.5, 0.6) is 0 Å². The quantitative estimate of drug-likeness (QED) is 0.756. The Hall–Kier alpha value is -0.760. The van der Waals surface area contributed by atoms with Gasteiger partial charge in [-0.05, 0) is 38.3 Å². The molecule has 1 heterocycles. The summed E-state index contributed by atoms with van der Waals surface area (Å²) < 4.78 is 0. The zero-order chi connectivity index (χ0) is 13.0. The molecule has 2 rings (SSSR count). The zero-order valence-corrected chi connectivity index (χ0v) is 12.2. The number of alkyl halides is 1. The van der Waals surface area contributed by atoms with E-state index in [0.29, 0.717) is 11.9 Å². The molecular formula is C15H23ClN2. The minimum Gasteiger partial charge on any atom is -0.354 e. The second-order valence-electron chi connectivity index (χ2n) is 5.13. The van der Waals surface area contributed by atoms with Crippen LogP contribution in [-0.2, 0) is 5.88 Å². The maximum Gasteiger partial charge on any atom is 0.129 e. The van der Waals surface area contributed by atoms with Gasteiger partial charge in [-0.3, -0.25) is 0 Å². The molecule has 0 atom stereocenters. The molecule has 1 fully saturated rings. The summed E-state index contributed by atoms with van der Waals surface area (Å²) in [5, 5.41) is 0. The van der Waals surface area contributed by atoms with Crippen molar-refractivity contribution >= 4 is 17.4 Å². The molecule has 0 saturated heterocycles. The van der Waals surface area contributed by atoms with E-state index in [4.69, 9.17) is 16.6 Å². The number of pyridine rings is 1. The predicted octanol–water partition coefficient (Wildman–Crippen LogP) is 4.29. The van der Waals surface area contributed by atoms with E-state index in [0.717, 1.165) is 23.6 Å². The molecule has 1 aliphatic rings. The first kappa shape index (κ1) is 13.7. The number of nitrogens with zero attached hydrogens (tertiary/aromatic N) is 2. The van der Waals surface area contributed by atoms with Gasteiger partial charge in [0, 0.05) is 24.2 Å². The molecule has 0 aliphatic heterocycles. The molecule has 0 amide bonds. The van der Waals surface area contributed by atoms with Crippen LogP contribution in [0.15, 0.2) is 12.1 Å². The Morgan fingerprint density at radius 3 is 2.56 bits per heavy atom. The third-order valence-electron chi connectivity index (χ3n) is 3.97. The Kier molecular flexibility index (Phi) is 4.87. The highest BCUT2D eigenvalue weighted by Gasteiger charge is 2.21. The van der Waals surface area contributed by atoms with Crippen molar-refractivity contribution in [2.45, 2.75) is 57.9 Å². The number of halogens is 1. The largest absolute Gasteiger partial charge is 0.354 e. The molecule has 3 heteroatoms. The summed E-state index contributed by atoms with van der Waals surface area (Å²) in [6.45, 7) is 5.31. The number of aromatic nitrogens is 1. The van der Waals surface area contributed by atoms with E-state index >= 15 is 0 Å². The summed E-state index contributed by atoms with van der Waals surface area (Å²) in [5.41, 5.74) is 2.21. The normalized spacial score (nSPS) is 16.8. The van der Waals surface area contributed by atoms with Crippen molar-refractivity contribution in [3.05, 3.63) is 23.4 Å². The SMILES string of the molecule is CCN(c1ccc(CCl)c(C)n1)C1CCCCC1. The van der Waals surface area contributed by atoms with Crippen LogP contribution in [0, 0.1) is 6.92 Å². The van der Waals surface area contributed by atoms with Crippen molar-refractivity contribution in [2.24, 2.45) is 0 Å². The molecule has 0 radical (unpaired) electrons. The molecule has 0 bridgehead atoms. The van der Waals surface area contributed by atoms with E-state index < -0.39 is 0 Å². The van der Waals surface area contributed by atoms with Crippen LogP contribution >= 0.6 is 11.6 Å². The minimum atomic E-state index is 0.550. The zero-order valence-electron chi connectivity index (χ0n) is 11.5. The van der Waals surface area contributed by atoms with Crippen molar-refractivity contribution in [3.63, 3.8) is 0 Å². The van der Waals surface area contributed by atoms with Crippen molar-refractivity contribution in [3.8, 4) is 0 Å². The predicted molar refractivity (Wildman–Crippen MR) is 78.4 cm³/mol. The lowest BCUT2D eigenvalue weighted by atomic mass is 9.94. The number of hydrogen-bond acceptors (Lipinski definition) is 2. The molecule has 1 aliphatic carbocycles. The van der Waals surface area contributed by atoms with Gasteiger partial charge in [0.2, 0.25) is 0 Å². The van der Waals surface area contributed by atoms with Crippen molar-refractivity contribution in [1.82, 2.24) is 4.98 Å². The van der Waals surface area contributed by atoms with Crippen molar-refractivity contribution < 1.29 is 0 Å². The molecule has 18 heavy (non-hydrogen) atoms. The van der Waals surface area contributed by atoms with Crippen LogP contribution in [0.25, 0.3) is 0 Å². The molecule has 1 saturated carbocycles. The first-order chi connectivity index (χ1) is 8.76. The average molecular weight is 267 g/mol. The summed E-state index contributed by atoms with van der Waals surface area (Å²) >= 11 is 5.89. The van der Waals surface area contributed by atoms with Gasteiger partial charge in [-0.2, -0.15) is 0 Å². The van der Waals surface area contributed by atoms with Gasteiger partial charge in [-0.15, -0.1) is 11.6 Å². The maximum atomic E-state index is 5.89. The molecule has 1 aromatic heterocycles. The Bertz CT molecular complexity index is 386. The molecule has 0 unspecified atom stereocenters. The van der Waals surface area contributed by atoms with E-state index in [9.17, 15) is 0 Å². The van der Waals surface area contributed by atoms with Gasteiger partial charge in [0.25, 0.3) is 0 Å². The van der Waals surface area contributed by atoms with Gasteiger partial charge < -0.3 is 4.90 Å². The van der Waals surface area contributed by atoms with Gasteiger partial charge in [0.1, 0.15) is 5.82 Å². The number of anilines is 1. The summed E-state index contributed by atoms with van der Waals surface area (Å²) in [6, 6.07) is 4.93. The van der Waals surface area contributed by atoms with Crippen LogP contribution in [0.2, 0.25) is 0 Å². The summed E-state index contributed by atoms with van der Waals surface area (Å²) in [7, 11) is 0. The molecule has 0 spiro atoms. The van der Waals surface area contributed by atoms with E-state index in [1.807, 2.05) is 0 Å². The van der Waals surface area contributed by atoms with Gasteiger partial charge >= 0.3 is 0 Å². The fourth-order valence-corrected chi connectivity index (χ4v) is 3.16. The van der Waals surface area contributed by atoms with Crippen LogP contribution in [0.4, 0.5) is 5.82 Å². The highest BCUT2D eigenvalue weighted by atomic mass is 35.5. The van der Waals surface area contributed by atoms with E-state index in [-0.39, 0.29) is 0 Å². The third-order valence-corrected chi connectivity index (χ3v) is 4.26. The minimum absolute atomic E-state index is 0.550. The molecule has 2 nitrogen and oxygen atoms in total. The summed E-state index contributed by atoms with van der Waals surface area (Å²) in [4.78, 5) is 7.19. The average Bonchev–Trinajstić information content (AvgIpc) is 2.41. The second kappa shape index (κ2) is 6.42. The maximum absolute atomic E-state index is 5.89. The molecule has 0 aromatic carbocycles. The summed E-state index contributed by atoms with van der Waals surface area (Å²) in [5.74, 6) is 1.67. The van der Waals surface area contributed by atoms with Crippen LogP contribution < -0.4 is 4.90 Å². The number of aryl methyl sites for hydroxylation is 1. The van der Waals surface area contributed by atoms with Crippen molar-refractivity contribution in [2.75, 3.05) is 11.4 Å². The fourth-order valence-electron chi connectivity index (χ4n) is 2.88. The van der Waals surface area contributed by atoms with Gasteiger partial charge in [-0.25, -0.2) is 4.98 Å². The third kappa shape index (κ3) is 2.97. The Morgan fingerprint density at radius 2 is 2.00 bits per heavy atom. The smallest absolute Gasteiger partial charge is 0.129 e. The fraction of sp³-hybridized carbons (Fsp3) is 0.667. The van der Waals surface area contributed by atoms with E-state index in [1.54, 1.807) is 0 Å². The second-order valence-corrected chi connectivity index (χ2v) is 5.39. The Morgan fingerprint density at radius 1 is 1.28 bits per heavy atom. The number of hydrogen-bond donors (Lipinski definition) is 0. The lowest BCUT2D eigenvalue weighted by molar-refractivity contribution is 0.416. The van der Waals surface area contributed by atoms with Crippen molar-refractivity contribution in [1.29, 1.82) is 0 Å². The molecule has 0 N–H and O–H groups in total. The van der Waals surface area contributed by atoms with Crippen LogP contribution in [0.3, 0.4) is 0 Å². The van der Waals surface area contributed by atoms with E-state index in [2.05, 4.69) is 30.9 Å². The number of rotatable bonds is 4. The Balaban J connectivity index is 2.18. The first-order valence-electron chi connectivity index (χ1n) is 7.05.